The van der Waals surface area contributed by atoms with Gasteiger partial charge in [-0.2, -0.15) is 0 Å². The lowest BCUT2D eigenvalue weighted by atomic mass is 10.0. The molecule has 3 rings (SSSR count). The number of carbonyl (C=O) groups is 2. The van der Waals surface area contributed by atoms with E-state index in [-0.39, 0.29) is 20.7 Å². The van der Waals surface area contributed by atoms with Crippen LogP contribution in [-0.4, -0.2) is 23.8 Å². The van der Waals surface area contributed by atoms with Crippen LogP contribution in [-0.2, 0) is 4.74 Å². The van der Waals surface area contributed by atoms with Crippen molar-refractivity contribution in [1.82, 2.24) is 4.98 Å². The maximum Gasteiger partial charge on any atom is 0.348 e. The average Bonchev–Trinajstić information content (AvgIpc) is 2.97. The third kappa shape index (κ3) is 2.74. The van der Waals surface area contributed by atoms with Crippen molar-refractivity contribution in [1.29, 1.82) is 0 Å². The van der Waals surface area contributed by atoms with Crippen molar-refractivity contribution in [3.8, 4) is 11.1 Å². The lowest BCUT2D eigenvalue weighted by Gasteiger charge is -2.07. The molecule has 0 aliphatic rings. The van der Waals surface area contributed by atoms with Gasteiger partial charge in [-0.3, -0.25) is 9.78 Å². The Morgan fingerprint density at radius 2 is 1.81 bits per heavy atom. The molecule has 0 saturated carbocycles. The van der Waals surface area contributed by atoms with Crippen LogP contribution in [0.3, 0.4) is 0 Å². The summed E-state index contributed by atoms with van der Waals surface area (Å²) in [6.07, 6.45) is 0.695. The molecule has 9 heteroatoms. The maximum atomic E-state index is 14.4. The number of hydrogen-bond acceptors (Lipinski definition) is 5. The third-order valence-corrected chi connectivity index (χ3v) is 4.82. The Balaban J connectivity index is 2.47. The van der Waals surface area contributed by atoms with Crippen molar-refractivity contribution in [3.05, 3.63) is 52.0 Å². The SMILES string of the molecule is COC(=O)c1sc2c(-c3cc(F)cc(F)c3F)c(F)cnc2c1C(C)=O. The van der Waals surface area contributed by atoms with Crippen molar-refractivity contribution in [2.45, 2.75) is 6.92 Å². The van der Waals surface area contributed by atoms with E-state index in [2.05, 4.69) is 9.72 Å². The molecule has 0 amide bonds. The highest BCUT2D eigenvalue weighted by atomic mass is 32.1. The molecule has 2 aromatic heterocycles. The summed E-state index contributed by atoms with van der Waals surface area (Å²) in [4.78, 5) is 27.5. The predicted octanol–water partition coefficient (Wildman–Crippen LogP) is 4.51. The number of carbonyl (C=O) groups excluding carboxylic acids is 2. The minimum absolute atomic E-state index is 0.0802. The fourth-order valence-corrected chi connectivity index (χ4v) is 3.84. The van der Waals surface area contributed by atoms with Gasteiger partial charge in [0.2, 0.25) is 0 Å². The topological polar surface area (TPSA) is 56.3 Å². The molecule has 0 spiro atoms. The number of rotatable bonds is 3. The molecule has 0 N–H and O–H groups in total. The van der Waals surface area contributed by atoms with Crippen molar-refractivity contribution >= 4 is 33.3 Å². The van der Waals surface area contributed by atoms with Gasteiger partial charge >= 0.3 is 5.97 Å². The number of methoxy groups -OCH3 is 1. The first-order valence-corrected chi connectivity index (χ1v) is 7.93. The quantitative estimate of drug-likeness (QED) is 0.289. The van der Waals surface area contributed by atoms with Crippen LogP contribution in [0.2, 0.25) is 0 Å². The highest BCUT2D eigenvalue weighted by molar-refractivity contribution is 7.21. The second kappa shape index (κ2) is 6.49. The number of aromatic nitrogens is 1. The Morgan fingerprint density at radius 3 is 2.42 bits per heavy atom. The van der Waals surface area contributed by atoms with Crippen molar-refractivity contribution < 1.29 is 31.9 Å². The minimum Gasteiger partial charge on any atom is -0.465 e. The number of Topliss-reactive ketones (excluding diaryl/α,β-unsaturated/α-hetero) is 1. The van der Waals surface area contributed by atoms with Gasteiger partial charge in [0, 0.05) is 17.2 Å². The third-order valence-electron chi connectivity index (χ3n) is 3.64. The summed E-state index contributed by atoms with van der Waals surface area (Å²) in [6, 6.07) is 0.950. The lowest BCUT2D eigenvalue weighted by Crippen LogP contribution is -2.05. The Kier molecular flexibility index (Phi) is 4.49. The highest BCUT2D eigenvalue weighted by Crippen LogP contribution is 2.40. The summed E-state index contributed by atoms with van der Waals surface area (Å²) in [5, 5.41) is 0. The van der Waals surface area contributed by atoms with Crippen LogP contribution < -0.4 is 0 Å². The molecular weight excluding hydrogens is 374 g/mol. The van der Waals surface area contributed by atoms with Crippen LogP contribution in [0, 0.1) is 23.3 Å². The Labute approximate surface area is 148 Å². The predicted molar refractivity (Wildman–Crippen MR) is 86.2 cm³/mol. The highest BCUT2D eigenvalue weighted by Gasteiger charge is 2.28. The van der Waals surface area contributed by atoms with E-state index in [4.69, 9.17) is 0 Å². The fourth-order valence-electron chi connectivity index (χ4n) is 2.56. The summed E-state index contributed by atoms with van der Waals surface area (Å²) in [5.74, 6) is -6.55. The number of thiophene rings is 1. The molecule has 0 radical (unpaired) electrons. The zero-order valence-corrected chi connectivity index (χ0v) is 14.1. The van der Waals surface area contributed by atoms with E-state index >= 15 is 0 Å². The second-order valence-electron chi connectivity index (χ2n) is 5.26. The van der Waals surface area contributed by atoms with Crippen LogP contribution in [0.5, 0.6) is 0 Å². The number of esters is 1. The number of hydrogen-bond donors (Lipinski definition) is 0. The number of halogens is 4. The van der Waals surface area contributed by atoms with E-state index in [1.807, 2.05) is 0 Å². The largest absolute Gasteiger partial charge is 0.465 e. The number of ether oxygens (including phenoxy) is 1. The van der Waals surface area contributed by atoms with Crippen LogP contribution >= 0.6 is 11.3 Å². The molecule has 4 nitrogen and oxygen atoms in total. The van der Waals surface area contributed by atoms with Gasteiger partial charge in [0.05, 0.1) is 29.1 Å². The second-order valence-corrected chi connectivity index (χ2v) is 6.28. The van der Waals surface area contributed by atoms with Gasteiger partial charge in [-0.25, -0.2) is 22.4 Å². The molecule has 2 heterocycles. The van der Waals surface area contributed by atoms with E-state index in [0.29, 0.717) is 29.7 Å². The Hall–Kier alpha value is -2.81. The van der Waals surface area contributed by atoms with Gasteiger partial charge < -0.3 is 4.74 Å². The number of nitrogens with zero attached hydrogens (tertiary/aromatic N) is 1. The molecule has 0 aliphatic carbocycles. The molecular formula is C17H9F4NO3S. The van der Waals surface area contributed by atoms with E-state index in [1.165, 1.54) is 6.92 Å². The normalized spacial score (nSPS) is 11.0. The van der Waals surface area contributed by atoms with Gasteiger partial charge in [0.25, 0.3) is 0 Å². The van der Waals surface area contributed by atoms with Crippen LogP contribution in [0.1, 0.15) is 27.0 Å². The van der Waals surface area contributed by atoms with Crippen molar-refractivity contribution in [2.75, 3.05) is 7.11 Å². The molecule has 0 saturated heterocycles. The van der Waals surface area contributed by atoms with Crippen molar-refractivity contribution in [3.63, 3.8) is 0 Å². The summed E-state index contributed by atoms with van der Waals surface area (Å²) in [5.41, 5.74) is -1.38. The number of ketones is 1. The molecule has 1 aromatic carbocycles. The molecule has 0 atom stereocenters. The molecule has 0 unspecified atom stereocenters. The first-order valence-electron chi connectivity index (χ1n) is 7.11. The van der Waals surface area contributed by atoms with E-state index in [0.717, 1.165) is 7.11 Å². The molecule has 3 aromatic rings. The number of benzene rings is 1. The van der Waals surface area contributed by atoms with Crippen LogP contribution in [0.15, 0.2) is 18.3 Å². The summed E-state index contributed by atoms with van der Waals surface area (Å²) >= 11 is 0.632. The van der Waals surface area contributed by atoms with Crippen LogP contribution in [0.25, 0.3) is 21.3 Å². The summed E-state index contributed by atoms with van der Waals surface area (Å²) in [6.45, 7) is 1.17. The molecule has 0 fully saturated rings. The minimum atomic E-state index is -1.50. The molecule has 0 aliphatic heterocycles. The van der Waals surface area contributed by atoms with Gasteiger partial charge in [-0.05, 0) is 13.0 Å². The molecule has 134 valence electrons. The molecule has 0 bridgehead atoms. The standard InChI is InChI=1S/C17H9F4NO3S/c1-6(23)11-14-15(26-16(11)17(24)25-2)12(10(20)5-22-14)8-3-7(18)4-9(19)13(8)21/h3-5H,1-2H3. The van der Waals surface area contributed by atoms with E-state index < -0.39 is 46.1 Å². The zero-order valence-electron chi connectivity index (χ0n) is 13.3. The zero-order chi connectivity index (χ0) is 19.2. The first-order chi connectivity index (χ1) is 12.3. The first kappa shape index (κ1) is 18.0. The van der Waals surface area contributed by atoms with Gasteiger partial charge in [0.15, 0.2) is 23.2 Å². The Morgan fingerprint density at radius 1 is 1.12 bits per heavy atom. The Bertz CT molecular complexity index is 1080. The maximum absolute atomic E-state index is 14.4. The average molecular weight is 383 g/mol. The van der Waals surface area contributed by atoms with E-state index in [1.54, 1.807) is 0 Å². The van der Waals surface area contributed by atoms with E-state index in [9.17, 15) is 27.2 Å². The van der Waals surface area contributed by atoms with Crippen LogP contribution in [0.4, 0.5) is 17.6 Å². The molecule has 26 heavy (non-hydrogen) atoms. The fraction of sp³-hybridized carbons (Fsp3) is 0.118. The summed E-state index contributed by atoms with van der Waals surface area (Å²) in [7, 11) is 1.09. The van der Waals surface area contributed by atoms with Gasteiger partial charge in [0.1, 0.15) is 10.7 Å². The smallest absolute Gasteiger partial charge is 0.348 e. The van der Waals surface area contributed by atoms with Gasteiger partial charge in [-0.15, -0.1) is 11.3 Å². The number of fused-ring (bicyclic) bond motifs is 1. The lowest BCUT2D eigenvalue weighted by molar-refractivity contribution is 0.0603. The number of pyridine rings is 1. The monoisotopic (exact) mass is 383 g/mol. The van der Waals surface area contributed by atoms with Gasteiger partial charge in [-0.1, -0.05) is 0 Å². The summed E-state index contributed by atoms with van der Waals surface area (Å²) < 4.78 is 60.2. The van der Waals surface area contributed by atoms with Crippen molar-refractivity contribution in [2.24, 2.45) is 0 Å².